The maximum absolute atomic E-state index is 9.57. The number of carbonyl (C=O) groups excluding carboxylic acids is 1. The molecule has 0 spiro atoms. The van der Waals surface area contributed by atoms with Crippen LogP contribution in [0.1, 0.15) is 0 Å². The van der Waals surface area contributed by atoms with Crippen molar-refractivity contribution < 1.29 is 4.79 Å². The van der Waals surface area contributed by atoms with E-state index in [4.69, 9.17) is 0 Å². The van der Waals surface area contributed by atoms with Gasteiger partial charge in [-0.2, -0.15) is 0 Å². The molecular formula is C4H10LiNO. The Hall–Kier alpha value is 0.227. The quantitative estimate of drug-likeness (QED) is 0.327. The number of hydrogen-bond acceptors (Lipinski definition) is 2. The van der Waals surface area contributed by atoms with Crippen LogP contribution in [0, 0.1) is 0 Å². The van der Waals surface area contributed by atoms with E-state index in [1.165, 1.54) is 0 Å². The van der Waals surface area contributed by atoms with E-state index in [0.29, 0.717) is 6.54 Å². The summed E-state index contributed by atoms with van der Waals surface area (Å²) in [6, 6.07) is 0. The van der Waals surface area contributed by atoms with Gasteiger partial charge in [-0.1, -0.05) is 0 Å². The molecule has 0 radical (unpaired) electrons. The van der Waals surface area contributed by atoms with Gasteiger partial charge >= 0.3 is 18.9 Å². The third-order valence-electron chi connectivity index (χ3n) is 0.440. The second kappa shape index (κ2) is 6.23. The molecule has 0 saturated carbocycles. The summed E-state index contributed by atoms with van der Waals surface area (Å²) < 4.78 is 0. The molecule has 0 aliphatic rings. The number of rotatable bonds is 2. The van der Waals surface area contributed by atoms with E-state index in [9.17, 15) is 4.79 Å². The Labute approximate surface area is 56.1 Å². The van der Waals surface area contributed by atoms with Crippen LogP contribution in [-0.4, -0.2) is 50.7 Å². The zero-order valence-corrected chi connectivity index (χ0v) is 4.14. The molecule has 0 aromatic rings. The summed E-state index contributed by atoms with van der Waals surface area (Å²) in [5.74, 6) is 0. The van der Waals surface area contributed by atoms with E-state index in [-0.39, 0.29) is 18.9 Å². The molecule has 0 heterocycles. The molecule has 0 N–H and O–H groups in total. The van der Waals surface area contributed by atoms with Crippen LogP contribution >= 0.6 is 0 Å². The molecule has 0 atom stereocenters. The fourth-order valence-electron chi connectivity index (χ4n) is 0.149. The monoisotopic (exact) mass is 95.1 g/mol. The van der Waals surface area contributed by atoms with Crippen molar-refractivity contribution in [3.8, 4) is 0 Å². The van der Waals surface area contributed by atoms with Crippen molar-refractivity contribution in [3.63, 3.8) is 0 Å². The minimum absolute atomic E-state index is 0. The van der Waals surface area contributed by atoms with E-state index >= 15 is 0 Å². The topological polar surface area (TPSA) is 20.3 Å². The maximum atomic E-state index is 9.57. The second-order valence-electron chi connectivity index (χ2n) is 1.43. The van der Waals surface area contributed by atoms with Crippen LogP contribution < -0.4 is 0 Å². The Morgan fingerprint density at radius 3 is 2.00 bits per heavy atom. The van der Waals surface area contributed by atoms with Gasteiger partial charge in [-0.25, -0.2) is 0 Å². The molecule has 0 aromatic carbocycles. The van der Waals surface area contributed by atoms with Crippen LogP contribution in [0.15, 0.2) is 0 Å². The van der Waals surface area contributed by atoms with E-state index in [0.717, 1.165) is 6.29 Å². The number of aldehydes is 1. The van der Waals surface area contributed by atoms with Crippen LogP contribution in [-0.2, 0) is 4.79 Å². The van der Waals surface area contributed by atoms with Gasteiger partial charge in [-0.05, 0) is 14.1 Å². The van der Waals surface area contributed by atoms with Gasteiger partial charge < -0.3 is 9.69 Å². The van der Waals surface area contributed by atoms with Crippen LogP contribution in [0.2, 0.25) is 0 Å². The summed E-state index contributed by atoms with van der Waals surface area (Å²) in [4.78, 5) is 11.4. The zero-order chi connectivity index (χ0) is 4.99. The Kier molecular flexibility index (Phi) is 9.13. The van der Waals surface area contributed by atoms with E-state index in [2.05, 4.69) is 0 Å². The Bertz CT molecular complexity index is 47.0. The summed E-state index contributed by atoms with van der Waals surface area (Å²) in [6.45, 7) is 0.528. The number of carbonyl (C=O) groups is 1. The summed E-state index contributed by atoms with van der Waals surface area (Å²) in [5, 5.41) is 0. The number of hydrogen-bond donors (Lipinski definition) is 0. The zero-order valence-electron chi connectivity index (χ0n) is 4.14. The summed E-state index contributed by atoms with van der Waals surface area (Å²) in [6.07, 6.45) is 0.875. The fraction of sp³-hybridized carbons (Fsp3) is 0.750. The Morgan fingerprint density at radius 2 is 2.00 bits per heavy atom. The molecule has 0 aliphatic carbocycles. The molecule has 2 nitrogen and oxygen atoms in total. The van der Waals surface area contributed by atoms with Gasteiger partial charge in [0.25, 0.3) is 0 Å². The third kappa shape index (κ3) is 10.7. The van der Waals surface area contributed by atoms with E-state index in [1.54, 1.807) is 0 Å². The average molecular weight is 95.1 g/mol. The summed E-state index contributed by atoms with van der Waals surface area (Å²) >= 11 is 0. The molecule has 38 valence electrons. The predicted octanol–water partition coefficient (Wildman–Crippen LogP) is -0.902. The van der Waals surface area contributed by atoms with Crippen molar-refractivity contribution in [2.24, 2.45) is 0 Å². The van der Waals surface area contributed by atoms with Crippen LogP contribution in [0.5, 0.6) is 0 Å². The molecule has 0 bridgehead atoms. The van der Waals surface area contributed by atoms with Crippen molar-refractivity contribution in [1.29, 1.82) is 0 Å². The summed E-state index contributed by atoms with van der Waals surface area (Å²) in [5.41, 5.74) is 0. The molecule has 0 aromatic heterocycles. The molecule has 0 unspecified atom stereocenters. The SMILES string of the molecule is CN(C)CC=O.[LiH]. The van der Waals surface area contributed by atoms with Gasteiger partial charge in [0, 0.05) is 0 Å². The van der Waals surface area contributed by atoms with Crippen molar-refractivity contribution in [2.45, 2.75) is 0 Å². The first-order chi connectivity index (χ1) is 2.77. The standard InChI is InChI=1S/C4H9NO.Li.H/c1-5(2)3-4-6;;/h4H,3H2,1-2H3;;. The molecule has 0 aliphatic heterocycles. The van der Waals surface area contributed by atoms with Crippen molar-refractivity contribution >= 4 is 25.1 Å². The Balaban J connectivity index is 0. The first-order valence-electron chi connectivity index (χ1n) is 1.85. The molecule has 7 heavy (non-hydrogen) atoms. The second-order valence-corrected chi connectivity index (χ2v) is 1.43. The van der Waals surface area contributed by atoms with E-state index in [1.807, 2.05) is 19.0 Å². The van der Waals surface area contributed by atoms with Crippen molar-refractivity contribution in [2.75, 3.05) is 20.6 Å². The van der Waals surface area contributed by atoms with Crippen molar-refractivity contribution in [3.05, 3.63) is 0 Å². The van der Waals surface area contributed by atoms with Crippen molar-refractivity contribution in [1.82, 2.24) is 4.90 Å². The van der Waals surface area contributed by atoms with Gasteiger partial charge in [-0.3, -0.25) is 0 Å². The number of nitrogens with zero attached hydrogens (tertiary/aromatic N) is 1. The Morgan fingerprint density at radius 1 is 1.57 bits per heavy atom. The van der Waals surface area contributed by atoms with Gasteiger partial charge in [0.2, 0.25) is 0 Å². The summed E-state index contributed by atoms with van der Waals surface area (Å²) in [7, 11) is 3.71. The molecule has 3 heteroatoms. The van der Waals surface area contributed by atoms with Crippen LogP contribution in [0.25, 0.3) is 0 Å². The molecule has 0 rings (SSSR count). The van der Waals surface area contributed by atoms with Gasteiger partial charge in [0.1, 0.15) is 6.29 Å². The van der Waals surface area contributed by atoms with Gasteiger partial charge in [-0.15, -0.1) is 0 Å². The fourth-order valence-corrected chi connectivity index (χ4v) is 0.149. The molecule has 0 saturated heterocycles. The number of likely N-dealkylation sites (N-methyl/N-ethyl adjacent to an activating group) is 1. The molecule has 0 fully saturated rings. The first-order valence-corrected chi connectivity index (χ1v) is 1.85. The third-order valence-corrected chi connectivity index (χ3v) is 0.440. The molecular weight excluding hydrogens is 85.0 g/mol. The predicted molar refractivity (Wildman–Crippen MR) is 31.8 cm³/mol. The van der Waals surface area contributed by atoms with Gasteiger partial charge in [0.15, 0.2) is 0 Å². The van der Waals surface area contributed by atoms with Gasteiger partial charge in [0.05, 0.1) is 6.54 Å². The van der Waals surface area contributed by atoms with Crippen LogP contribution in [0.4, 0.5) is 0 Å². The minimum atomic E-state index is 0. The first kappa shape index (κ1) is 10.3. The average Bonchev–Trinajstić information content (AvgIpc) is 1.35. The molecule has 0 amide bonds. The van der Waals surface area contributed by atoms with Crippen LogP contribution in [0.3, 0.4) is 0 Å². The normalized spacial score (nSPS) is 7.86. The van der Waals surface area contributed by atoms with E-state index < -0.39 is 0 Å².